The van der Waals surface area contributed by atoms with Crippen molar-refractivity contribution in [2.24, 2.45) is 5.92 Å². The number of aryl methyl sites for hydroxylation is 2. The first-order valence-corrected chi connectivity index (χ1v) is 10.3. The first-order chi connectivity index (χ1) is 13.8. The molecule has 1 saturated carbocycles. The fraction of sp³-hybridized carbons (Fsp3) is 0.478. The van der Waals surface area contributed by atoms with Crippen LogP contribution in [0.15, 0.2) is 36.4 Å². The molecule has 0 aliphatic heterocycles. The van der Waals surface area contributed by atoms with Gasteiger partial charge < -0.3 is 4.74 Å². The van der Waals surface area contributed by atoms with Crippen LogP contribution in [0.4, 0.5) is 17.6 Å². The maximum Gasteiger partial charge on any atom is 0.353 e. The Labute approximate surface area is 174 Å². The van der Waals surface area contributed by atoms with Gasteiger partial charge in [-0.2, -0.15) is 8.78 Å². The fourth-order valence-corrected chi connectivity index (χ4v) is 4.36. The third-order valence-corrected chi connectivity index (χ3v) is 5.98. The molecule has 0 spiro atoms. The fourth-order valence-electron chi connectivity index (χ4n) is 4.18. The van der Waals surface area contributed by atoms with Crippen LogP contribution in [0, 0.1) is 17.6 Å². The average Bonchev–Trinajstić information content (AvgIpc) is 2.66. The van der Waals surface area contributed by atoms with Crippen LogP contribution in [0.1, 0.15) is 53.9 Å². The topological polar surface area (TPSA) is 9.23 Å². The van der Waals surface area contributed by atoms with E-state index in [2.05, 4.69) is 12.1 Å². The molecule has 0 bridgehead atoms. The number of ether oxygens (including phenoxy) is 1. The van der Waals surface area contributed by atoms with Crippen molar-refractivity contribution in [1.82, 2.24) is 0 Å². The predicted octanol–water partition coefficient (Wildman–Crippen LogP) is 6.96. The molecule has 1 fully saturated rings. The van der Waals surface area contributed by atoms with Gasteiger partial charge in [0.15, 0.2) is 0 Å². The summed E-state index contributed by atoms with van der Waals surface area (Å²) in [7, 11) is 1.75. The Morgan fingerprint density at radius 1 is 0.931 bits per heavy atom. The predicted molar refractivity (Wildman–Crippen MR) is 107 cm³/mol. The van der Waals surface area contributed by atoms with Gasteiger partial charge in [-0.15, -0.1) is 0 Å². The Morgan fingerprint density at radius 3 is 2.00 bits per heavy atom. The van der Waals surface area contributed by atoms with E-state index in [0.29, 0.717) is 30.2 Å². The average molecular weight is 429 g/mol. The summed E-state index contributed by atoms with van der Waals surface area (Å²) in [6, 6.07) is 10.2. The maximum absolute atomic E-state index is 13.9. The SMILES string of the molecule is COCC1CCC(c2ccc(CCc3cc(F)c(C(F)(F)Cl)c(F)c3)cc2)CC1. The molecule has 0 atom stereocenters. The van der Waals surface area contributed by atoms with Crippen LogP contribution in [-0.4, -0.2) is 13.7 Å². The summed E-state index contributed by atoms with van der Waals surface area (Å²) in [4.78, 5) is 0. The van der Waals surface area contributed by atoms with Crippen LogP contribution in [0.2, 0.25) is 0 Å². The molecule has 0 heterocycles. The minimum atomic E-state index is -4.06. The van der Waals surface area contributed by atoms with Gasteiger partial charge in [-0.25, -0.2) is 8.78 Å². The molecule has 0 amide bonds. The van der Waals surface area contributed by atoms with Crippen molar-refractivity contribution >= 4 is 11.6 Å². The molecule has 1 aliphatic rings. The number of hydrogen-bond donors (Lipinski definition) is 0. The smallest absolute Gasteiger partial charge is 0.353 e. The van der Waals surface area contributed by atoms with Crippen molar-refractivity contribution in [2.45, 2.75) is 49.8 Å². The second kappa shape index (κ2) is 9.48. The van der Waals surface area contributed by atoms with E-state index >= 15 is 0 Å². The molecular weight excluding hydrogens is 404 g/mol. The normalized spacial score (nSPS) is 20.1. The van der Waals surface area contributed by atoms with Crippen LogP contribution in [-0.2, 0) is 23.0 Å². The van der Waals surface area contributed by atoms with Crippen LogP contribution in [0.25, 0.3) is 0 Å². The van der Waals surface area contributed by atoms with Gasteiger partial charge in [-0.05, 0) is 90.8 Å². The van der Waals surface area contributed by atoms with E-state index in [4.69, 9.17) is 16.3 Å². The zero-order valence-corrected chi connectivity index (χ0v) is 17.1. The second-order valence-electron chi connectivity index (χ2n) is 7.85. The molecule has 1 aliphatic carbocycles. The van der Waals surface area contributed by atoms with E-state index in [1.807, 2.05) is 12.1 Å². The Balaban J connectivity index is 1.58. The summed E-state index contributed by atoms with van der Waals surface area (Å²) in [6.07, 6.45) is 5.58. The van der Waals surface area contributed by atoms with Gasteiger partial charge in [0.05, 0.1) is 0 Å². The lowest BCUT2D eigenvalue weighted by Gasteiger charge is -2.28. The Morgan fingerprint density at radius 2 is 1.48 bits per heavy atom. The highest BCUT2D eigenvalue weighted by atomic mass is 35.5. The highest BCUT2D eigenvalue weighted by Crippen LogP contribution is 2.37. The molecule has 0 saturated heterocycles. The third kappa shape index (κ3) is 5.73. The molecule has 1 nitrogen and oxygen atoms in total. The number of rotatable bonds is 7. The van der Waals surface area contributed by atoms with Crippen molar-refractivity contribution in [3.8, 4) is 0 Å². The zero-order valence-electron chi connectivity index (χ0n) is 16.4. The van der Waals surface area contributed by atoms with Gasteiger partial charge in [0, 0.05) is 13.7 Å². The van der Waals surface area contributed by atoms with E-state index < -0.39 is 22.6 Å². The van der Waals surface area contributed by atoms with E-state index in [1.165, 1.54) is 18.4 Å². The van der Waals surface area contributed by atoms with Crippen LogP contribution < -0.4 is 0 Å². The van der Waals surface area contributed by atoms with E-state index in [0.717, 1.165) is 37.1 Å². The highest BCUT2D eigenvalue weighted by Gasteiger charge is 2.35. The quantitative estimate of drug-likeness (QED) is 0.342. The summed E-state index contributed by atoms with van der Waals surface area (Å²) >= 11 is 4.78. The number of halogens is 5. The number of benzene rings is 2. The summed E-state index contributed by atoms with van der Waals surface area (Å²) in [5.74, 6) is -1.43. The minimum Gasteiger partial charge on any atom is -0.384 e. The Bertz CT molecular complexity index is 786. The van der Waals surface area contributed by atoms with Gasteiger partial charge in [-0.3, -0.25) is 0 Å². The summed E-state index contributed by atoms with van der Waals surface area (Å²) in [6.45, 7) is 0.830. The van der Waals surface area contributed by atoms with Gasteiger partial charge >= 0.3 is 5.38 Å². The molecule has 29 heavy (non-hydrogen) atoms. The van der Waals surface area contributed by atoms with E-state index in [1.54, 1.807) is 7.11 Å². The monoisotopic (exact) mass is 428 g/mol. The Hall–Kier alpha value is -1.59. The lowest BCUT2D eigenvalue weighted by molar-refractivity contribution is 0.0858. The highest BCUT2D eigenvalue weighted by molar-refractivity contribution is 6.21. The Kier molecular flexibility index (Phi) is 7.23. The number of hydrogen-bond acceptors (Lipinski definition) is 1. The van der Waals surface area contributed by atoms with Crippen molar-refractivity contribution in [3.05, 3.63) is 70.3 Å². The summed E-state index contributed by atoms with van der Waals surface area (Å²) in [5.41, 5.74) is 1.28. The molecule has 0 aromatic heterocycles. The minimum absolute atomic E-state index is 0.324. The molecule has 3 rings (SSSR count). The molecule has 158 valence electrons. The van der Waals surface area contributed by atoms with E-state index in [-0.39, 0.29) is 0 Å². The maximum atomic E-state index is 13.9. The molecule has 0 unspecified atom stereocenters. The van der Waals surface area contributed by atoms with Crippen molar-refractivity contribution in [2.75, 3.05) is 13.7 Å². The van der Waals surface area contributed by atoms with Crippen LogP contribution in [0.3, 0.4) is 0 Å². The molecule has 0 N–H and O–H groups in total. The first kappa shape index (κ1) is 22.1. The molecule has 2 aromatic rings. The standard InChI is InChI=1S/C23H25ClF4O/c1-29-14-16-6-10-19(11-7-16)18-8-4-15(5-9-18)2-3-17-12-20(25)22(21(26)13-17)23(24,27)28/h4-5,8-9,12-13,16,19H,2-3,6-7,10-11,14H2,1H3. The van der Waals surface area contributed by atoms with Gasteiger partial charge in [0.1, 0.15) is 17.2 Å². The van der Waals surface area contributed by atoms with Gasteiger partial charge in [-0.1, -0.05) is 24.3 Å². The van der Waals surface area contributed by atoms with Crippen LogP contribution in [0.5, 0.6) is 0 Å². The second-order valence-corrected chi connectivity index (χ2v) is 8.32. The van der Waals surface area contributed by atoms with Gasteiger partial charge in [0.25, 0.3) is 0 Å². The molecule has 6 heteroatoms. The van der Waals surface area contributed by atoms with Crippen LogP contribution >= 0.6 is 11.6 Å². The van der Waals surface area contributed by atoms with Crippen molar-refractivity contribution < 1.29 is 22.3 Å². The third-order valence-electron chi connectivity index (χ3n) is 5.79. The van der Waals surface area contributed by atoms with Crippen molar-refractivity contribution in [1.29, 1.82) is 0 Å². The lowest BCUT2D eigenvalue weighted by atomic mass is 9.79. The first-order valence-electron chi connectivity index (χ1n) is 9.90. The summed E-state index contributed by atoms with van der Waals surface area (Å²) < 4.78 is 59.1. The molecule has 2 aromatic carbocycles. The molecular formula is C23H25ClF4O. The number of alkyl halides is 3. The van der Waals surface area contributed by atoms with E-state index in [9.17, 15) is 17.6 Å². The summed E-state index contributed by atoms with van der Waals surface area (Å²) in [5, 5.41) is -4.06. The lowest BCUT2D eigenvalue weighted by Crippen LogP contribution is -2.17. The van der Waals surface area contributed by atoms with Gasteiger partial charge in [0.2, 0.25) is 0 Å². The zero-order chi connectivity index (χ0) is 21.0. The number of methoxy groups -OCH3 is 1. The van der Waals surface area contributed by atoms with Crippen molar-refractivity contribution in [3.63, 3.8) is 0 Å². The largest absolute Gasteiger partial charge is 0.384 e. The molecule has 0 radical (unpaired) electrons.